The summed E-state index contributed by atoms with van der Waals surface area (Å²) in [7, 11) is 0. The van der Waals surface area contributed by atoms with E-state index in [-0.39, 0.29) is 0 Å². The van der Waals surface area contributed by atoms with E-state index >= 15 is 0 Å². The van der Waals surface area contributed by atoms with Gasteiger partial charge in [0.25, 0.3) is 0 Å². The smallest absolute Gasteiger partial charge is 0.335 e. The van der Waals surface area contributed by atoms with E-state index in [0.717, 1.165) is 11.3 Å². The molecule has 0 amide bonds. The van der Waals surface area contributed by atoms with Crippen molar-refractivity contribution in [2.24, 2.45) is 0 Å². The highest BCUT2D eigenvalue weighted by Gasteiger charge is 2.08. The zero-order chi connectivity index (χ0) is 14.0. The molecular weight excluding hydrogens is 240 g/mol. The van der Waals surface area contributed by atoms with Gasteiger partial charge in [-0.1, -0.05) is 6.07 Å². The molecule has 2 rings (SSSR count). The maximum absolute atomic E-state index is 10.9. The first kappa shape index (κ1) is 13.1. The first-order valence-corrected chi connectivity index (χ1v) is 6.06. The SMILES string of the molecule is Cc1ccc(Oc2ccc(C(=O)O)c(C)c2)cc1C. The van der Waals surface area contributed by atoms with Crippen molar-refractivity contribution in [1.29, 1.82) is 0 Å². The molecule has 0 saturated carbocycles. The monoisotopic (exact) mass is 256 g/mol. The predicted octanol–water partition coefficient (Wildman–Crippen LogP) is 4.10. The van der Waals surface area contributed by atoms with Gasteiger partial charge in [-0.05, 0) is 67.8 Å². The van der Waals surface area contributed by atoms with E-state index in [1.54, 1.807) is 25.1 Å². The van der Waals surface area contributed by atoms with Crippen molar-refractivity contribution >= 4 is 5.97 Å². The van der Waals surface area contributed by atoms with Crippen LogP contribution in [0.25, 0.3) is 0 Å². The lowest BCUT2D eigenvalue weighted by molar-refractivity contribution is 0.0696. The fourth-order valence-corrected chi connectivity index (χ4v) is 1.85. The first-order valence-electron chi connectivity index (χ1n) is 6.06. The molecule has 0 spiro atoms. The molecular formula is C16H16O3. The highest BCUT2D eigenvalue weighted by atomic mass is 16.5. The number of hydrogen-bond donors (Lipinski definition) is 1. The first-order chi connectivity index (χ1) is 8.97. The number of carboxylic acid groups (broad SMARTS) is 1. The number of rotatable bonds is 3. The Morgan fingerprint density at radius 1 is 0.895 bits per heavy atom. The van der Waals surface area contributed by atoms with Crippen LogP contribution in [0, 0.1) is 20.8 Å². The molecule has 0 bridgehead atoms. The second-order valence-corrected chi connectivity index (χ2v) is 4.63. The Morgan fingerprint density at radius 2 is 1.47 bits per heavy atom. The van der Waals surface area contributed by atoms with Crippen LogP contribution in [0.4, 0.5) is 0 Å². The van der Waals surface area contributed by atoms with E-state index in [1.807, 2.05) is 32.0 Å². The summed E-state index contributed by atoms with van der Waals surface area (Å²) in [5, 5.41) is 8.97. The number of ether oxygens (including phenoxy) is 1. The van der Waals surface area contributed by atoms with Crippen molar-refractivity contribution in [2.45, 2.75) is 20.8 Å². The Bertz CT molecular complexity index is 630. The van der Waals surface area contributed by atoms with E-state index in [0.29, 0.717) is 16.9 Å². The van der Waals surface area contributed by atoms with Gasteiger partial charge < -0.3 is 9.84 Å². The summed E-state index contributed by atoms with van der Waals surface area (Å²) in [5.41, 5.74) is 3.36. The standard InChI is InChI=1S/C16H16O3/c1-10-4-5-13(8-11(10)2)19-14-6-7-15(16(17)18)12(3)9-14/h4-9H,1-3H3,(H,17,18). The number of aromatic carboxylic acids is 1. The second kappa shape index (κ2) is 5.14. The van der Waals surface area contributed by atoms with Crippen molar-refractivity contribution < 1.29 is 14.6 Å². The molecule has 0 atom stereocenters. The van der Waals surface area contributed by atoms with Gasteiger partial charge in [0.15, 0.2) is 0 Å². The van der Waals surface area contributed by atoms with Gasteiger partial charge in [0.2, 0.25) is 0 Å². The number of hydrogen-bond acceptors (Lipinski definition) is 2. The van der Waals surface area contributed by atoms with E-state index in [2.05, 4.69) is 0 Å². The van der Waals surface area contributed by atoms with Crippen molar-refractivity contribution in [2.75, 3.05) is 0 Å². The van der Waals surface area contributed by atoms with Crippen LogP contribution in [0.3, 0.4) is 0 Å². The van der Waals surface area contributed by atoms with Crippen LogP contribution in [-0.4, -0.2) is 11.1 Å². The largest absolute Gasteiger partial charge is 0.478 e. The molecule has 19 heavy (non-hydrogen) atoms. The van der Waals surface area contributed by atoms with Crippen LogP contribution >= 0.6 is 0 Å². The highest BCUT2D eigenvalue weighted by Crippen LogP contribution is 2.25. The molecule has 0 aromatic heterocycles. The van der Waals surface area contributed by atoms with Gasteiger partial charge in [-0.15, -0.1) is 0 Å². The topological polar surface area (TPSA) is 46.5 Å². The van der Waals surface area contributed by atoms with E-state index in [9.17, 15) is 4.79 Å². The Hall–Kier alpha value is -2.29. The molecule has 0 heterocycles. The maximum atomic E-state index is 10.9. The van der Waals surface area contributed by atoms with Gasteiger partial charge in [-0.2, -0.15) is 0 Å². The van der Waals surface area contributed by atoms with Gasteiger partial charge >= 0.3 is 5.97 Å². The summed E-state index contributed by atoms with van der Waals surface area (Å²) < 4.78 is 5.74. The van der Waals surface area contributed by atoms with Crippen molar-refractivity contribution in [3.8, 4) is 11.5 Å². The van der Waals surface area contributed by atoms with Crippen LogP contribution in [0.5, 0.6) is 11.5 Å². The van der Waals surface area contributed by atoms with Crippen LogP contribution in [0.1, 0.15) is 27.0 Å². The number of aryl methyl sites for hydroxylation is 3. The number of benzene rings is 2. The van der Waals surface area contributed by atoms with E-state index < -0.39 is 5.97 Å². The third-order valence-electron chi connectivity index (χ3n) is 3.14. The molecule has 3 nitrogen and oxygen atoms in total. The maximum Gasteiger partial charge on any atom is 0.335 e. The minimum atomic E-state index is -0.921. The average molecular weight is 256 g/mol. The van der Waals surface area contributed by atoms with Gasteiger partial charge in [-0.25, -0.2) is 4.79 Å². The molecule has 0 radical (unpaired) electrons. The van der Waals surface area contributed by atoms with Gasteiger partial charge in [0, 0.05) is 0 Å². The van der Waals surface area contributed by atoms with Crippen molar-refractivity contribution in [3.63, 3.8) is 0 Å². The predicted molar refractivity (Wildman–Crippen MR) is 74.1 cm³/mol. The van der Waals surface area contributed by atoms with E-state index in [4.69, 9.17) is 9.84 Å². The highest BCUT2D eigenvalue weighted by molar-refractivity contribution is 5.89. The summed E-state index contributed by atoms with van der Waals surface area (Å²) >= 11 is 0. The lowest BCUT2D eigenvalue weighted by atomic mass is 10.1. The summed E-state index contributed by atoms with van der Waals surface area (Å²) in [5.74, 6) is 0.478. The summed E-state index contributed by atoms with van der Waals surface area (Å²) in [6, 6.07) is 10.8. The molecule has 0 fully saturated rings. The molecule has 0 saturated heterocycles. The number of carboxylic acids is 1. The molecule has 1 N–H and O–H groups in total. The van der Waals surface area contributed by atoms with Gasteiger partial charge in [0.05, 0.1) is 5.56 Å². The quantitative estimate of drug-likeness (QED) is 0.899. The third-order valence-corrected chi connectivity index (χ3v) is 3.14. The minimum Gasteiger partial charge on any atom is -0.478 e. The Labute approximate surface area is 112 Å². The lowest BCUT2D eigenvalue weighted by Gasteiger charge is -2.09. The lowest BCUT2D eigenvalue weighted by Crippen LogP contribution is -1.99. The average Bonchev–Trinajstić information content (AvgIpc) is 2.33. The minimum absolute atomic E-state index is 0.299. The molecule has 0 aliphatic carbocycles. The molecule has 3 heteroatoms. The van der Waals surface area contributed by atoms with E-state index in [1.165, 1.54) is 5.56 Å². The van der Waals surface area contributed by atoms with Crippen LogP contribution in [-0.2, 0) is 0 Å². The zero-order valence-corrected chi connectivity index (χ0v) is 11.2. The van der Waals surface area contributed by atoms with Gasteiger partial charge in [-0.3, -0.25) is 0 Å². The van der Waals surface area contributed by atoms with Crippen LogP contribution in [0.15, 0.2) is 36.4 Å². The molecule has 0 aliphatic rings. The molecule has 2 aromatic rings. The fourth-order valence-electron chi connectivity index (χ4n) is 1.85. The van der Waals surface area contributed by atoms with Crippen molar-refractivity contribution in [3.05, 3.63) is 58.7 Å². The zero-order valence-electron chi connectivity index (χ0n) is 11.2. The molecule has 2 aromatic carbocycles. The Morgan fingerprint density at radius 3 is 2.00 bits per heavy atom. The normalized spacial score (nSPS) is 10.3. The summed E-state index contributed by atoms with van der Waals surface area (Å²) in [4.78, 5) is 10.9. The van der Waals surface area contributed by atoms with Crippen LogP contribution < -0.4 is 4.74 Å². The summed E-state index contributed by atoms with van der Waals surface area (Å²) in [6.07, 6.45) is 0. The summed E-state index contributed by atoms with van der Waals surface area (Å²) in [6.45, 7) is 5.84. The molecule has 0 aliphatic heterocycles. The van der Waals surface area contributed by atoms with Crippen molar-refractivity contribution in [1.82, 2.24) is 0 Å². The molecule has 0 unspecified atom stereocenters. The third kappa shape index (κ3) is 2.94. The Balaban J connectivity index is 2.26. The Kier molecular flexibility index (Phi) is 3.56. The van der Waals surface area contributed by atoms with Crippen LogP contribution in [0.2, 0.25) is 0 Å². The molecule has 98 valence electrons. The fraction of sp³-hybridized carbons (Fsp3) is 0.188. The second-order valence-electron chi connectivity index (χ2n) is 4.63. The number of carbonyl (C=O) groups is 1. The van der Waals surface area contributed by atoms with Gasteiger partial charge in [0.1, 0.15) is 11.5 Å².